The van der Waals surface area contributed by atoms with Gasteiger partial charge in [0.25, 0.3) is 5.91 Å². The minimum Gasteiger partial charge on any atom is -0.303 e. The summed E-state index contributed by atoms with van der Waals surface area (Å²) in [6.45, 7) is 7.73. The number of hydroxylamine groups is 1. The monoisotopic (exact) mass is 375 g/mol. The summed E-state index contributed by atoms with van der Waals surface area (Å²) in [7, 11) is -4.64. The van der Waals surface area contributed by atoms with Crippen molar-refractivity contribution in [2.45, 2.75) is 53.4 Å². The molecule has 0 bridgehead atoms. The van der Waals surface area contributed by atoms with Crippen LogP contribution in [-0.2, 0) is 18.7 Å². The highest BCUT2D eigenvalue weighted by molar-refractivity contribution is 7.46. The molecule has 8 heteroatoms. The second-order valence-corrected chi connectivity index (χ2v) is 7.30. The molecule has 0 radical (unpaired) electrons. The van der Waals surface area contributed by atoms with E-state index in [0.717, 1.165) is 31.3 Å². The Morgan fingerprint density at radius 2 is 1.56 bits per heavy atom. The lowest BCUT2D eigenvalue weighted by molar-refractivity contribution is -0.135. The van der Waals surface area contributed by atoms with Crippen LogP contribution >= 0.6 is 7.82 Å². The van der Waals surface area contributed by atoms with E-state index in [-0.39, 0.29) is 6.61 Å². The standard InChI is InChI=1S/C17H30NO6P/c1-14(2)7-5-8-15(3)9-6-10-16(4)11-12-23-18-17(19)13-24-25(20,21)22/h7,9,11H,5-6,8,10,12-13H2,1-4H3,(H,18,19)(H2,20,21,22)/b15-9+,16-11+. The second-order valence-electron chi connectivity index (χ2n) is 6.06. The highest BCUT2D eigenvalue weighted by Crippen LogP contribution is 2.35. The first-order chi connectivity index (χ1) is 11.6. The van der Waals surface area contributed by atoms with Crippen LogP contribution in [0.2, 0.25) is 0 Å². The van der Waals surface area contributed by atoms with Crippen LogP contribution in [0, 0.1) is 0 Å². The van der Waals surface area contributed by atoms with Crippen LogP contribution in [0.1, 0.15) is 53.4 Å². The van der Waals surface area contributed by atoms with Crippen LogP contribution in [0.15, 0.2) is 34.9 Å². The summed E-state index contributed by atoms with van der Waals surface area (Å²) in [4.78, 5) is 33.0. The van der Waals surface area contributed by atoms with Crippen LogP contribution in [0.3, 0.4) is 0 Å². The first kappa shape index (κ1) is 23.8. The Balaban J connectivity index is 3.89. The number of hydrogen-bond acceptors (Lipinski definition) is 4. The maximum Gasteiger partial charge on any atom is 0.470 e. The first-order valence-corrected chi connectivity index (χ1v) is 9.68. The van der Waals surface area contributed by atoms with Gasteiger partial charge < -0.3 is 9.79 Å². The molecule has 0 aromatic carbocycles. The molecule has 0 aliphatic rings. The minimum absolute atomic E-state index is 0.177. The highest BCUT2D eigenvalue weighted by Gasteiger charge is 2.16. The number of phosphoric ester groups is 1. The Labute approximate surface area is 150 Å². The Morgan fingerprint density at radius 1 is 1.00 bits per heavy atom. The third-order valence-electron chi connectivity index (χ3n) is 3.19. The zero-order valence-electron chi connectivity index (χ0n) is 15.4. The molecule has 0 unspecified atom stereocenters. The second kappa shape index (κ2) is 13.0. The van der Waals surface area contributed by atoms with Gasteiger partial charge in [-0.05, 0) is 53.4 Å². The van der Waals surface area contributed by atoms with Gasteiger partial charge in [0.1, 0.15) is 6.61 Å². The molecule has 144 valence electrons. The molecule has 0 saturated carbocycles. The van der Waals surface area contributed by atoms with Crippen molar-refractivity contribution < 1.29 is 28.5 Å². The lowest BCUT2D eigenvalue weighted by Crippen LogP contribution is -2.27. The van der Waals surface area contributed by atoms with Crippen molar-refractivity contribution in [3.63, 3.8) is 0 Å². The first-order valence-electron chi connectivity index (χ1n) is 8.15. The summed E-state index contributed by atoms with van der Waals surface area (Å²) >= 11 is 0. The maximum absolute atomic E-state index is 11.2. The summed E-state index contributed by atoms with van der Waals surface area (Å²) in [5.74, 6) is -0.760. The van der Waals surface area contributed by atoms with Crippen molar-refractivity contribution in [1.29, 1.82) is 0 Å². The lowest BCUT2D eigenvalue weighted by atomic mass is 10.1. The summed E-state index contributed by atoms with van der Waals surface area (Å²) in [6, 6.07) is 0. The number of rotatable bonds is 12. The van der Waals surface area contributed by atoms with Crippen LogP contribution < -0.4 is 5.48 Å². The Morgan fingerprint density at radius 3 is 2.12 bits per heavy atom. The summed E-state index contributed by atoms with van der Waals surface area (Å²) in [6.07, 6.45) is 10.3. The molecule has 0 heterocycles. The van der Waals surface area contributed by atoms with Gasteiger partial charge in [-0.25, -0.2) is 10.0 Å². The predicted octanol–water partition coefficient (Wildman–Crippen LogP) is 3.56. The molecule has 0 fully saturated rings. The topological polar surface area (TPSA) is 105 Å². The van der Waals surface area contributed by atoms with Crippen molar-refractivity contribution in [3.8, 4) is 0 Å². The van der Waals surface area contributed by atoms with E-state index in [1.54, 1.807) is 0 Å². The van der Waals surface area contributed by atoms with E-state index in [0.29, 0.717) is 0 Å². The van der Waals surface area contributed by atoms with Crippen LogP contribution in [0.4, 0.5) is 0 Å². The fourth-order valence-corrected chi connectivity index (χ4v) is 2.10. The molecule has 0 rings (SSSR count). The molecular weight excluding hydrogens is 345 g/mol. The fourth-order valence-electron chi connectivity index (χ4n) is 1.82. The average molecular weight is 375 g/mol. The number of phosphoric acid groups is 1. The van der Waals surface area contributed by atoms with E-state index < -0.39 is 20.3 Å². The van der Waals surface area contributed by atoms with Crippen molar-refractivity contribution in [1.82, 2.24) is 5.48 Å². The molecule has 0 saturated heterocycles. The average Bonchev–Trinajstić information content (AvgIpc) is 2.48. The molecule has 0 aromatic rings. The number of amides is 1. The number of carbonyl (C=O) groups excluding carboxylic acids is 1. The van der Waals surface area contributed by atoms with E-state index in [1.807, 2.05) is 18.5 Å². The zero-order chi connectivity index (χ0) is 19.3. The molecule has 3 N–H and O–H groups in total. The summed E-state index contributed by atoms with van der Waals surface area (Å²) in [5.41, 5.74) is 5.90. The van der Waals surface area contributed by atoms with Crippen LogP contribution in [0.25, 0.3) is 0 Å². The lowest BCUT2D eigenvalue weighted by Gasteiger charge is -2.06. The molecule has 1 amide bonds. The fraction of sp³-hybridized carbons (Fsp3) is 0.588. The molecular formula is C17H30NO6P. The molecule has 25 heavy (non-hydrogen) atoms. The molecule has 0 atom stereocenters. The smallest absolute Gasteiger partial charge is 0.303 e. The largest absolute Gasteiger partial charge is 0.470 e. The van der Waals surface area contributed by atoms with Gasteiger partial charge in [-0.1, -0.05) is 34.9 Å². The third kappa shape index (κ3) is 17.4. The number of nitrogens with one attached hydrogen (secondary N) is 1. The van der Waals surface area contributed by atoms with E-state index >= 15 is 0 Å². The number of allylic oxidation sites excluding steroid dienone is 5. The van der Waals surface area contributed by atoms with Gasteiger partial charge in [-0.15, -0.1) is 0 Å². The third-order valence-corrected chi connectivity index (χ3v) is 3.65. The maximum atomic E-state index is 11.2. The van der Waals surface area contributed by atoms with Crippen molar-refractivity contribution >= 4 is 13.7 Å². The Bertz CT molecular complexity index is 543. The van der Waals surface area contributed by atoms with Crippen LogP contribution in [0.5, 0.6) is 0 Å². The Hall–Kier alpha value is -1.24. The quantitative estimate of drug-likeness (QED) is 0.208. The normalized spacial score (nSPS) is 12.9. The minimum atomic E-state index is -4.64. The van der Waals surface area contributed by atoms with E-state index in [4.69, 9.17) is 14.6 Å². The predicted molar refractivity (Wildman–Crippen MR) is 97.5 cm³/mol. The molecule has 0 spiro atoms. The SMILES string of the molecule is CC(C)=CCC/C(C)=C/CC/C(C)=C/CONC(=O)COP(=O)(O)O. The van der Waals surface area contributed by atoms with Crippen molar-refractivity contribution in [3.05, 3.63) is 34.9 Å². The number of hydrogen-bond donors (Lipinski definition) is 3. The zero-order valence-corrected chi connectivity index (χ0v) is 16.3. The van der Waals surface area contributed by atoms with Crippen molar-refractivity contribution in [2.24, 2.45) is 0 Å². The van der Waals surface area contributed by atoms with E-state index in [2.05, 4.69) is 37.4 Å². The molecule has 0 aliphatic heterocycles. The van der Waals surface area contributed by atoms with Gasteiger partial charge >= 0.3 is 7.82 Å². The highest BCUT2D eigenvalue weighted by atomic mass is 31.2. The van der Waals surface area contributed by atoms with Gasteiger partial charge in [0, 0.05) is 0 Å². The number of carbonyl (C=O) groups is 1. The summed E-state index contributed by atoms with van der Waals surface area (Å²) in [5, 5.41) is 0. The summed E-state index contributed by atoms with van der Waals surface area (Å²) < 4.78 is 14.5. The van der Waals surface area contributed by atoms with Gasteiger partial charge in [-0.3, -0.25) is 14.2 Å². The molecule has 7 nitrogen and oxygen atoms in total. The molecule has 0 aromatic heterocycles. The van der Waals surface area contributed by atoms with E-state index in [1.165, 1.54) is 11.1 Å². The van der Waals surface area contributed by atoms with Crippen LogP contribution in [-0.4, -0.2) is 28.9 Å². The van der Waals surface area contributed by atoms with E-state index in [9.17, 15) is 9.36 Å². The van der Waals surface area contributed by atoms with Crippen molar-refractivity contribution in [2.75, 3.05) is 13.2 Å². The van der Waals surface area contributed by atoms with Gasteiger partial charge in [0.15, 0.2) is 0 Å². The Kier molecular flexibility index (Phi) is 12.4. The van der Waals surface area contributed by atoms with Gasteiger partial charge in [0.2, 0.25) is 0 Å². The molecule has 0 aliphatic carbocycles. The van der Waals surface area contributed by atoms with Gasteiger partial charge in [0.05, 0.1) is 6.61 Å². The van der Waals surface area contributed by atoms with Gasteiger partial charge in [-0.2, -0.15) is 0 Å².